The topological polar surface area (TPSA) is 64.3 Å². The normalized spacial score (nSPS) is 19.8. The number of aromatic nitrogens is 2. The fourth-order valence-corrected chi connectivity index (χ4v) is 2.94. The molecule has 21 heavy (non-hydrogen) atoms. The van der Waals surface area contributed by atoms with Crippen LogP contribution in [-0.2, 0) is 11.3 Å². The molecule has 1 aliphatic heterocycles. The van der Waals surface area contributed by atoms with Gasteiger partial charge >= 0.3 is 0 Å². The standard InChI is InChI=1S/C16H28N4O/c1-4-21-11-15-18-14(17)10-16(19-15)20-8-5-6-13(7-9-20)12(2)3/h10,12-13H,4-9,11H2,1-3H3,(H2,17,18,19). The number of nitrogens with zero attached hydrogens (tertiary/aromatic N) is 3. The molecule has 1 aromatic heterocycles. The molecule has 0 bridgehead atoms. The van der Waals surface area contributed by atoms with Crippen LogP contribution in [0.25, 0.3) is 0 Å². The van der Waals surface area contributed by atoms with E-state index in [2.05, 4.69) is 28.7 Å². The lowest BCUT2D eigenvalue weighted by molar-refractivity contribution is 0.128. The second kappa shape index (κ2) is 7.59. The Morgan fingerprint density at radius 2 is 2.14 bits per heavy atom. The molecule has 0 saturated carbocycles. The molecule has 0 aliphatic carbocycles. The van der Waals surface area contributed by atoms with Crippen LogP contribution in [0.4, 0.5) is 11.6 Å². The van der Waals surface area contributed by atoms with Gasteiger partial charge in [0, 0.05) is 25.8 Å². The van der Waals surface area contributed by atoms with Crippen LogP contribution in [0.2, 0.25) is 0 Å². The van der Waals surface area contributed by atoms with Crippen molar-refractivity contribution in [1.82, 2.24) is 9.97 Å². The Morgan fingerprint density at radius 1 is 1.33 bits per heavy atom. The number of nitrogen functional groups attached to an aromatic ring is 1. The highest BCUT2D eigenvalue weighted by Gasteiger charge is 2.20. The summed E-state index contributed by atoms with van der Waals surface area (Å²) in [5.41, 5.74) is 5.92. The highest BCUT2D eigenvalue weighted by atomic mass is 16.5. The molecule has 0 radical (unpaired) electrons. The van der Waals surface area contributed by atoms with Crippen LogP contribution in [0.15, 0.2) is 6.07 Å². The van der Waals surface area contributed by atoms with Gasteiger partial charge in [-0.05, 0) is 38.0 Å². The molecule has 0 spiro atoms. The summed E-state index contributed by atoms with van der Waals surface area (Å²) in [5, 5.41) is 0. The molecule has 1 aromatic rings. The first kappa shape index (κ1) is 16.0. The van der Waals surface area contributed by atoms with Crippen LogP contribution < -0.4 is 10.6 Å². The zero-order valence-electron chi connectivity index (χ0n) is 13.5. The first-order valence-electron chi connectivity index (χ1n) is 8.06. The molecule has 5 nitrogen and oxygen atoms in total. The minimum absolute atomic E-state index is 0.428. The number of anilines is 2. The van der Waals surface area contributed by atoms with Crippen molar-refractivity contribution >= 4 is 11.6 Å². The van der Waals surface area contributed by atoms with E-state index in [1.165, 1.54) is 19.3 Å². The highest BCUT2D eigenvalue weighted by Crippen LogP contribution is 2.27. The molecule has 2 heterocycles. The third-order valence-corrected chi connectivity index (χ3v) is 4.25. The predicted molar refractivity (Wildman–Crippen MR) is 86.2 cm³/mol. The zero-order valence-corrected chi connectivity index (χ0v) is 13.5. The van der Waals surface area contributed by atoms with Gasteiger partial charge in [0.05, 0.1) is 0 Å². The molecule has 0 aromatic carbocycles. The molecule has 1 aliphatic rings. The van der Waals surface area contributed by atoms with Crippen molar-refractivity contribution in [2.75, 3.05) is 30.3 Å². The zero-order chi connectivity index (χ0) is 15.2. The molecule has 1 unspecified atom stereocenters. The Balaban J connectivity index is 2.08. The van der Waals surface area contributed by atoms with Gasteiger partial charge in [-0.25, -0.2) is 9.97 Å². The van der Waals surface area contributed by atoms with E-state index in [1.807, 2.05) is 13.0 Å². The maximum Gasteiger partial charge on any atom is 0.158 e. The first-order chi connectivity index (χ1) is 10.1. The average molecular weight is 292 g/mol. The van der Waals surface area contributed by atoms with E-state index in [1.54, 1.807) is 0 Å². The number of rotatable bonds is 5. The van der Waals surface area contributed by atoms with Crippen molar-refractivity contribution in [3.63, 3.8) is 0 Å². The Hall–Kier alpha value is -1.36. The van der Waals surface area contributed by atoms with Gasteiger partial charge in [-0.3, -0.25) is 0 Å². The van der Waals surface area contributed by atoms with Crippen LogP contribution in [0.1, 0.15) is 45.9 Å². The molecule has 2 N–H and O–H groups in total. The summed E-state index contributed by atoms with van der Waals surface area (Å²) in [4.78, 5) is 11.2. The van der Waals surface area contributed by atoms with Gasteiger partial charge in [0.2, 0.25) is 0 Å². The average Bonchev–Trinajstić information content (AvgIpc) is 2.70. The lowest BCUT2D eigenvalue weighted by atomic mass is 9.89. The quantitative estimate of drug-likeness (QED) is 0.904. The Kier molecular flexibility index (Phi) is 5.79. The molecular weight excluding hydrogens is 264 g/mol. The number of nitrogens with two attached hydrogens (primary N) is 1. The smallest absolute Gasteiger partial charge is 0.158 e. The molecule has 118 valence electrons. The van der Waals surface area contributed by atoms with Gasteiger partial charge < -0.3 is 15.4 Å². The molecule has 1 fully saturated rings. The second-order valence-electron chi connectivity index (χ2n) is 6.13. The van der Waals surface area contributed by atoms with Crippen LogP contribution in [0.5, 0.6) is 0 Å². The van der Waals surface area contributed by atoms with Gasteiger partial charge in [0.15, 0.2) is 5.82 Å². The van der Waals surface area contributed by atoms with Gasteiger partial charge in [-0.1, -0.05) is 13.8 Å². The van der Waals surface area contributed by atoms with Crippen LogP contribution in [0.3, 0.4) is 0 Å². The van der Waals surface area contributed by atoms with E-state index in [4.69, 9.17) is 10.5 Å². The van der Waals surface area contributed by atoms with E-state index < -0.39 is 0 Å². The molecule has 1 saturated heterocycles. The van der Waals surface area contributed by atoms with Gasteiger partial charge in [0.1, 0.15) is 18.2 Å². The minimum atomic E-state index is 0.428. The van der Waals surface area contributed by atoms with Gasteiger partial charge in [-0.15, -0.1) is 0 Å². The molecule has 0 amide bonds. The van der Waals surface area contributed by atoms with Crippen molar-refractivity contribution < 1.29 is 4.74 Å². The van der Waals surface area contributed by atoms with Gasteiger partial charge in [0.25, 0.3) is 0 Å². The monoisotopic (exact) mass is 292 g/mol. The second-order valence-corrected chi connectivity index (χ2v) is 6.13. The lowest BCUT2D eigenvalue weighted by Gasteiger charge is -2.23. The predicted octanol–water partition coefficient (Wildman–Crippen LogP) is 2.86. The molecular formula is C16H28N4O. The fraction of sp³-hybridized carbons (Fsp3) is 0.750. The van der Waals surface area contributed by atoms with Crippen molar-refractivity contribution in [3.05, 3.63) is 11.9 Å². The summed E-state index contributed by atoms with van der Waals surface area (Å²) in [6.45, 7) is 9.80. The third kappa shape index (κ3) is 4.56. The van der Waals surface area contributed by atoms with E-state index in [-0.39, 0.29) is 0 Å². The van der Waals surface area contributed by atoms with Crippen LogP contribution in [-0.4, -0.2) is 29.7 Å². The molecule has 5 heteroatoms. The maximum atomic E-state index is 5.92. The van der Waals surface area contributed by atoms with E-state index >= 15 is 0 Å². The summed E-state index contributed by atoms with van der Waals surface area (Å²) >= 11 is 0. The third-order valence-electron chi connectivity index (χ3n) is 4.25. The van der Waals surface area contributed by atoms with Crippen molar-refractivity contribution in [2.45, 2.75) is 46.6 Å². The van der Waals surface area contributed by atoms with Crippen molar-refractivity contribution in [3.8, 4) is 0 Å². The Bertz CT molecular complexity index is 450. The summed E-state index contributed by atoms with van der Waals surface area (Å²) in [5.74, 6) is 3.73. The Morgan fingerprint density at radius 3 is 2.86 bits per heavy atom. The summed E-state index contributed by atoms with van der Waals surface area (Å²) in [7, 11) is 0. The van der Waals surface area contributed by atoms with Crippen molar-refractivity contribution in [2.24, 2.45) is 11.8 Å². The van der Waals surface area contributed by atoms with Crippen LogP contribution in [0, 0.1) is 11.8 Å². The SMILES string of the molecule is CCOCc1nc(N)cc(N2CCCC(C(C)C)CC2)n1. The number of hydrogen-bond acceptors (Lipinski definition) is 5. The highest BCUT2D eigenvalue weighted by molar-refractivity contribution is 5.47. The van der Waals surface area contributed by atoms with E-state index in [0.717, 1.165) is 30.7 Å². The minimum Gasteiger partial charge on any atom is -0.384 e. The number of ether oxygens (including phenoxy) is 1. The fourth-order valence-electron chi connectivity index (χ4n) is 2.94. The summed E-state index contributed by atoms with van der Waals surface area (Å²) in [6, 6.07) is 1.88. The lowest BCUT2D eigenvalue weighted by Crippen LogP contribution is -2.26. The van der Waals surface area contributed by atoms with Crippen molar-refractivity contribution in [1.29, 1.82) is 0 Å². The van der Waals surface area contributed by atoms with E-state index in [9.17, 15) is 0 Å². The van der Waals surface area contributed by atoms with E-state index in [0.29, 0.717) is 24.9 Å². The van der Waals surface area contributed by atoms with Crippen LogP contribution >= 0.6 is 0 Å². The summed E-state index contributed by atoms with van der Waals surface area (Å²) in [6.07, 6.45) is 3.75. The Labute approximate surface area is 127 Å². The largest absolute Gasteiger partial charge is 0.384 e. The first-order valence-corrected chi connectivity index (χ1v) is 8.06. The molecule has 2 rings (SSSR count). The van der Waals surface area contributed by atoms with Gasteiger partial charge in [-0.2, -0.15) is 0 Å². The maximum absolute atomic E-state index is 5.92. The summed E-state index contributed by atoms with van der Waals surface area (Å²) < 4.78 is 5.39. The number of hydrogen-bond donors (Lipinski definition) is 1. The molecule has 1 atom stereocenters.